The number of rotatable bonds is 1. The molecular formula is C14H24N2O2. The topological polar surface area (TPSA) is 41.6 Å². The number of nitrogens with zero attached hydrogens (tertiary/aromatic N) is 1. The molecule has 3 rings (SSSR count). The van der Waals surface area contributed by atoms with Crippen LogP contribution in [0.2, 0.25) is 0 Å². The maximum absolute atomic E-state index is 12.8. The highest BCUT2D eigenvalue weighted by Gasteiger charge is 2.44. The Bertz CT molecular complexity index is 324. The summed E-state index contributed by atoms with van der Waals surface area (Å²) in [4.78, 5) is 14.9. The summed E-state index contributed by atoms with van der Waals surface area (Å²) in [5, 5.41) is 3.33. The molecule has 2 heterocycles. The number of morpholine rings is 1. The highest BCUT2D eigenvalue weighted by atomic mass is 16.5. The fourth-order valence-corrected chi connectivity index (χ4v) is 3.69. The molecule has 18 heavy (non-hydrogen) atoms. The van der Waals surface area contributed by atoms with Crippen molar-refractivity contribution >= 4 is 5.91 Å². The zero-order valence-corrected chi connectivity index (χ0v) is 11.3. The minimum absolute atomic E-state index is 0.181. The third-order valence-corrected chi connectivity index (χ3v) is 4.88. The molecule has 0 bridgehead atoms. The van der Waals surface area contributed by atoms with Gasteiger partial charge in [0, 0.05) is 13.1 Å². The van der Waals surface area contributed by atoms with Crippen LogP contribution in [-0.4, -0.2) is 49.2 Å². The molecule has 1 N–H and O–H groups in total. The number of hydrogen-bond acceptors (Lipinski definition) is 3. The molecule has 1 amide bonds. The molecular weight excluding hydrogens is 228 g/mol. The van der Waals surface area contributed by atoms with Gasteiger partial charge in [0.25, 0.3) is 0 Å². The summed E-state index contributed by atoms with van der Waals surface area (Å²) >= 11 is 0. The second-order valence-corrected chi connectivity index (χ2v) is 6.25. The number of fused-ring (bicyclic) bond motifs is 1. The van der Waals surface area contributed by atoms with Crippen molar-refractivity contribution in [1.82, 2.24) is 10.2 Å². The van der Waals surface area contributed by atoms with Crippen molar-refractivity contribution in [3.63, 3.8) is 0 Å². The Hall–Kier alpha value is -0.610. The highest BCUT2D eigenvalue weighted by Crippen LogP contribution is 2.34. The molecule has 3 unspecified atom stereocenters. The second kappa shape index (κ2) is 4.82. The largest absolute Gasteiger partial charge is 0.374 e. The van der Waals surface area contributed by atoms with E-state index in [0.717, 1.165) is 45.5 Å². The Morgan fingerprint density at radius 3 is 3.00 bits per heavy atom. The van der Waals surface area contributed by atoms with E-state index in [1.807, 2.05) is 0 Å². The fourth-order valence-electron chi connectivity index (χ4n) is 3.69. The molecule has 1 aliphatic carbocycles. The minimum atomic E-state index is -0.181. The van der Waals surface area contributed by atoms with Crippen molar-refractivity contribution in [2.75, 3.05) is 26.2 Å². The van der Waals surface area contributed by atoms with Crippen LogP contribution in [-0.2, 0) is 9.53 Å². The van der Waals surface area contributed by atoms with Gasteiger partial charge < -0.3 is 15.0 Å². The smallest absolute Gasteiger partial charge is 0.230 e. The van der Waals surface area contributed by atoms with E-state index in [0.29, 0.717) is 18.1 Å². The Balaban J connectivity index is 1.75. The maximum Gasteiger partial charge on any atom is 0.230 e. The van der Waals surface area contributed by atoms with Crippen LogP contribution in [0.1, 0.15) is 39.0 Å². The number of carbonyl (C=O) groups excluding carboxylic acids is 1. The number of nitrogens with one attached hydrogen (secondary N) is 1. The van der Waals surface area contributed by atoms with E-state index >= 15 is 0 Å². The monoisotopic (exact) mass is 252 g/mol. The van der Waals surface area contributed by atoms with Crippen LogP contribution in [0.3, 0.4) is 0 Å². The van der Waals surface area contributed by atoms with Gasteiger partial charge in [-0.3, -0.25) is 4.79 Å². The highest BCUT2D eigenvalue weighted by molar-refractivity contribution is 5.83. The maximum atomic E-state index is 12.8. The molecule has 2 saturated heterocycles. The van der Waals surface area contributed by atoms with Crippen molar-refractivity contribution in [3.05, 3.63) is 0 Å². The first-order valence-corrected chi connectivity index (χ1v) is 7.34. The molecule has 1 saturated carbocycles. The molecule has 4 nitrogen and oxygen atoms in total. The lowest BCUT2D eigenvalue weighted by Gasteiger charge is -2.46. The first-order chi connectivity index (χ1) is 8.71. The molecule has 3 atom stereocenters. The fraction of sp³-hybridized carbons (Fsp3) is 0.929. The summed E-state index contributed by atoms with van der Waals surface area (Å²) in [5.74, 6) is 0.354. The Kier molecular flexibility index (Phi) is 3.32. The quantitative estimate of drug-likeness (QED) is 0.761. The standard InChI is InChI=1S/C14H24N2O2/c1-14(6-7-15-10-14)13(17)16-8-9-18-12-5-3-2-4-11(12)16/h11-12,15H,2-10H2,1H3. The van der Waals surface area contributed by atoms with Crippen LogP contribution >= 0.6 is 0 Å². The molecule has 2 aliphatic heterocycles. The molecule has 0 radical (unpaired) electrons. The Morgan fingerprint density at radius 2 is 2.22 bits per heavy atom. The van der Waals surface area contributed by atoms with E-state index in [9.17, 15) is 4.79 Å². The van der Waals surface area contributed by atoms with Gasteiger partial charge in [-0.2, -0.15) is 0 Å². The normalized spacial score (nSPS) is 40.6. The zero-order chi connectivity index (χ0) is 12.6. The third kappa shape index (κ3) is 2.05. The summed E-state index contributed by atoms with van der Waals surface area (Å²) in [6.45, 7) is 5.43. The lowest BCUT2D eigenvalue weighted by molar-refractivity contribution is -0.158. The van der Waals surface area contributed by atoms with Crippen molar-refractivity contribution in [2.45, 2.75) is 51.2 Å². The number of amides is 1. The van der Waals surface area contributed by atoms with Crippen LogP contribution in [0.4, 0.5) is 0 Å². The molecule has 3 fully saturated rings. The molecule has 0 spiro atoms. The average molecular weight is 252 g/mol. The molecule has 4 heteroatoms. The van der Waals surface area contributed by atoms with Crippen molar-refractivity contribution in [3.8, 4) is 0 Å². The van der Waals surface area contributed by atoms with Gasteiger partial charge in [-0.1, -0.05) is 12.8 Å². The van der Waals surface area contributed by atoms with Gasteiger partial charge in [0.1, 0.15) is 0 Å². The minimum Gasteiger partial charge on any atom is -0.374 e. The number of hydrogen-bond donors (Lipinski definition) is 1. The van der Waals surface area contributed by atoms with Crippen molar-refractivity contribution in [1.29, 1.82) is 0 Å². The van der Waals surface area contributed by atoms with E-state index in [1.54, 1.807) is 0 Å². The van der Waals surface area contributed by atoms with Crippen LogP contribution in [0.25, 0.3) is 0 Å². The molecule has 0 aromatic heterocycles. The molecule has 0 aromatic carbocycles. The van der Waals surface area contributed by atoms with Crippen molar-refractivity contribution in [2.24, 2.45) is 5.41 Å². The predicted molar refractivity (Wildman–Crippen MR) is 69.3 cm³/mol. The first kappa shape index (κ1) is 12.4. The van der Waals surface area contributed by atoms with Gasteiger partial charge in [0.15, 0.2) is 0 Å². The van der Waals surface area contributed by atoms with E-state index in [2.05, 4.69) is 17.1 Å². The van der Waals surface area contributed by atoms with E-state index in [1.165, 1.54) is 12.8 Å². The zero-order valence-electron chi connectivity index (χ0n) is 11.3. The van der Waals surface area contributed by atoms with Gasteiger partial charge >= 0.3 is 0 Å². The van der Waals surface area contributed by atoms with Gasteiger partial charge in [-0.25, -0.2) is 0 Å². The predicted octanol–water partition coefficient (Wildman–Crippen LogP) is 1.16. The van der Waals surface area contributed by atoms with E-state index in [-0.39, 0.29) is 5.41 Å². The number of ether oxygens (including phenoxy) is 1. The lowest BCUT2D eigenvalue weighted by Crippen LogP contribution is -2.58. The van der Waals surface area contributed by atoms with Crippen LogP contribution in [0.5, 0.6) is 0 Å². The lowest BCUT2D eigenvalue weighted by atomic mass is 9.84. The summed E-state index contributed by atoms with van der Waals surface area (Å²) in [6.07, 6.45) is 6.02. The van der Waals surface area contributed by atoms with Gasteiger partial charge in [-0.05, 0) is 32.7 Å². The van der Waals surface area contributed by atoms with Gasteiger partial charge in [-0.15, -0.1) is 0 Å². The molecule has 3 aliphatic rings. The summed E-state index contributed by atoms with van der Waals surface area (Å²) < 4.78 is 5.85. The molecule has 102 valence electrons. The third-order valence-electron chi connectivity index (χ3n) is 4.88. The van der Waals surface area contributed by atoms with Gasteiger partial charge in [0.2, 0.25) is 5.91 Å². The Labute approximate surface area is 109 Å². The van der Waals surface area contributed by atoms with Gasteiger partial charge in [0.05, 0.1) is 24.2 Å². The summed E-state index contributed by atoms with van der Waals surface area (Å²) in [5.41, 5.74) is -0.181. The molecule has 0 aromatic rings. The van der Waals surface area contributed by atoms with Crippen LogP contribution in [0, 0.1) is 5.41 Å². The summed E-state index contributed by atoms with van der Waals surface area (Å²) in [7, 11) is 0. The Morgan fingerprint density at radius 1 is 1.39 bits per heavy atom. The van der Waals surface area contributed by atoms with Crippen LogP contribution in [0.15, 0.2) is 0 Å². The second-order valence-electron chi connectivity index (χ2n) is 6.25. The SMILES string of the molecule is CC1(C(=O)N2CCOC3CCCCC32)CCNC1. The number of carbonyl (C=O) groups is 1. The van der Waals surface area contributed by atoms with Crippen molar-refractivity contribution < 1.29 is 9.53 Å². The first-order valence-electron chi connectivity index (χ1n) is 7.34. The van der Waals surface area contributed by atoms with Crippen LogP contribution < -0.4 is 5.32 Å². The van der Waals surface area contributed by atoms with E-state index in [4.69, 9.17) is 4.74 Å². The summed E-state index contributed by atoms with van der Waals surface area (Å²) in [6, 6.07) is 0.345. The van der Waals surface area contributed by atoms with E-state index < -0.39 is 0 Å². The average Bonchev–Trinajstić information content (AvgIpc) is 2.85.